The maximum Gasteiger partial charge on any atom is 0.348 e. The molecule has 3 aliphatic heterocycles. The van der Waals surface area contributed by atoms with E-state index in [4.69, 9.17) is 22.1 Å². The third kappa shape index (κ3) is 2.67. The molecule has 1 amide bonds. The molecule has 6 nitrogen and oxygen atoms in total. The topological polar surface area (TPSA) is 83.1 Å². The summed E-state index contributed by atoms with van der Waals surface area (Å²) in [7, 11) is 1.44. The van der Waals surface area contributed by atoms with Crippen molar-refractivity contribution in [2.45, 2.75) is 18.9 Å². The highest BCUT2D eigenvalue weighted by atomic mass is 35.5. The first-order valence-electron chi connectivity index (χ1n) is 7.45. The van der Waals surface area contributed by atoms with E-state index in [0.29, 0.717) is 23.9 Å². The first kappa shape index (κ1) is 15.6. The highest BCUT2D eigenvalue weighted by molar-refractivity contribution is 6.33. The number of benzene rings is 1. The minimum Gasteiger partial charge on any atom is -0.626 e. The molecular weight excluding hydrogens is 306 g/mol. The lowest BCUT2D eigenvalue weighted by Gasteiger charge is -2.47. The van der Waals surface area contributed by atoms with Crippen LogP contribution in [0.5, 0.6) is 5.75 Å². The molecule has 0 aromatic heterocycles. The molecule has 0 radical (unpaired) electrons. The number of nitrogen functional groups attached to an aromatic ring is 1. The van der Waals surface area contributed by atoms with Crippen LogP contribution >= 0.6 is 11.6 Å². The number of quaternary nitrogens is 1. The van der Waals surface area contributed by atoms with Crippen molar-refractivity contribution in [1.29, 1.82) is 0 Å². The van der Waals surface area contributed by atoms with Crippen molar-refractivity contribution in [3.05, 3.63) is 27.9 Å². The van der Waals surface area contributed by atoms with Crippen LogP contribution in [0.4, 0.5) is 5.69 Å². The zero-order valence-electron chi connectivity index (χ0n) is 12.5. The van der Waals surface area contributed by atoms with Gasteiger partial charge in [0.05, 0.1) is 24.4 Å². The van der Waals surface area contributed by atoms with E-state index >= 15 is 0 Å². The number of fused-ring (bicyclic) bond motifs is 3. The quantitative estimate of drug-likeness (QED) is 0.626. The van der Waals surface area contributed by atoms with Crippen molar-refractivity contribution in [1.82, 2.24) is 4.90 Å². The number of carbonyl (C=O) groups is 1. The Bertz CT molecular complexity index is 588. The standard InChI is InChI=1S/C15H20ClN3O3/c1-22-14-7-12(17)11(16)6-10(14)15(20)19(21)13-8-18-4-2-9(13)3-5-18/h6-7,9,13,19H,2-5,8,17H2,1H3. The molecule has 3 N–H and O–H groups in total. The van der Waals surface area contributed by atoms with Gasteiger partial charge in [-0.15, -0.1) is 0 Å². The number of anilines is 1. The van der Waals surface area contributed by atoms with E-state index in [9.17, 15) is 10.0 Å². The van der Waals surface area contributed by atoms with Gasteiger partial charge in [0, 0.05) is 12.0 Å². The van der Waals surface area contributed by atoms with Gasteiger partial charge in [-0.2, -0.15) is 0 Å². The van der Waals surface area contributed by atoms with E-state index in [1.807, 2.05) is 0 Å². The van der Waals surface area contributed by atoms with Crippen LogP contribution in [0.2, 0.25) is 5.02 Å². The summed E-state index contributed by atoms with van der Waals surface area (Å²) in [6.07, 6.45) is 1.98. The fourth-order valence-electron chi connectivity index (χ4n) is 3.48. The molecule has 3 heterocycles. The molecule has 1 aromatic rings. The molecule has 0 aliphatic carbocycles. The monoisotopic (exact) mass is 325 g/mol. The maximum atomic E-state index is 12.6. The van der Waals surface area contributed by atoms with Crippen molar-refractivity contribution in [3.8, 4) is 5.75 Å². The molecule has 120 valence electrons. The molecular formula is C15H20ClN3O3. The zero-order valence-corrected chi connectivity index (χ0v) is 13.2. The van der Waals surface area contributed by atoms with Crippen LogP contribution in [0, 0.1) is 11.1 Å². The minimum atomic E-state index is -0.530. The van der Waals surface area contributed by atoms with Gasteiger partial charge in [-0.3, -0.25) is 4.90 Å². The van der Waals surface area contributed by atoms with Gasteiger partial charge in [0.25, 0.3) is 0 Å². The van der Waals surface area contributed by atoms with Gasteiger partial charge in [0.15, 0.2) is 0 Å². The SMILES string of the molecule is COc1cc(N)c(Cl)cc1C(=O)[NH+]([O-])C1CN2CCC1CC2. The third-order valence-electron chi connectivity index (χ3n) is 4.78. The largest absolute Gasteiger partial charge is 0.626 e. The summed E-state index contributed by atoms with van der Waals surface area (Å²) >= 11 is 5.99. The highest BCUT2D eigenvalue weighted by Crippen LogP contribution is 2.29. The molecule has 3 saturated heterocycles. The average molecular weight is 326 g/mol. The van der Waals surface area contributed by atoms with Gasteiger partial charge in [-0.05, 0) is 32.0 Å². The number of hydroxylamine groups is 2. The number of rotatable bonds is 3. The fourth-order valence-corrected chi connectivity index (χ4v) is 3.64. The Labute approximate surface area is 134 Å². The van der Waals surface area contributed by atoms with E-state index in [2.05, 4.69) is 4.90 Å². The Morgan fingerprint density at radius 1 is 1.45 bits per heavy atom. The molecule has 0 saturated carbocycles. The van der Waals surface area contributed by atoms with Crippen LogP contribution < -0.4 is 15.5 Å². The lowest BCUT2D eigenvalue weighted by Crippen LogP contribution is -3.16. The summed E-state index contributed by atoms with van der Waals surface area (Å²) in [4.78, 5) is 14.9. The van der Waals surface area contributed by atoms with Gasteiger partial charge in [-0.25, -0.2) is 4.79 Å². The molecule has 3 aliphatic rings. The Hall–Kier alpha value is -1.34. The number of nitrogens with two attached hydrogens (primary N) is 1. The third-order valence-corrected chi connectivity index (χ3v) is 5.11. The van der Waals surface area contributed by atoms with Crippen LogP contribution in [0.25, 0.3) is 0 Å². The molecule has 22 heavy (non-hydrogen) atoms. The summed E-state index contributed by atoms with van der Waals surface area (Å²) in [6.45, 7) is 2.74. The zero-order chi connectivity index (χ0) is 15.9. The number of hydrogen-bond acceptors (Lipinski definition) is 5. The van der Waals surface area contributed by atoms with Crippen molar-refractivity contribution in [2.75, 3.05) is 32.5 Å². The maximum absolute atomic E-state index is 12.6. The number of halogens is 1. The van der Waals surface area contributed by atoms with E-state index in [0.717, 1.165) is 25.9 Å². The first-order chi connectivity index (χ1) is 10.5. The number of amides is 1. The molecule has 7 heteroatoms. The Morgan fingerprint density at radius 2 is 2.14 bits per heavy atom. The van der Waals surface area contributed by atoms with Crippen molar-refractivity contribution >= 4 is 23.2 Å². The number of methoxy groups -OCH3 is 1. The normalized spacial score (nSPS) is 28.4. The molecule has 2 unspecified atom stereocenters. The predicted octanol–water partition coefficient (Wildman–Crippen LogP) is 0.548. The van der Waals surface area contributed by atoms with Gasteiger partial charge >= 0.3 is 5.91 Å². The lowest BCUT2D eigenvalue weighted by atomic mass is 9.83. The summed E-state index contributed by atoms with van der Waals surface area (Å²) in [5, 5.41) is 12.6. The van der Waals surface area contributed by atoms with Crippen LogP contribution in [0.1, 0.15) is 23.2 Å². The molecule has 0 spiro atoms. The van der Waals surface area contributed by atoms with Crippen LogP contribution in [-0.4, -0.2) is 43.6 Å². The second-order valence-electron chi connectivity index (χ2n) is 6.01. The average Bonchev–Trinajstić information content (AvgIpc) is 2.56. The van der Waals surface area contributed by atoms with Gasteiger partial charge < -0.3 is 20.7 Å². The lowest BCUT2D eigenvalue weighted by molar-refractivity contribution is -0.796. The molecule has 4 rings (SSSR count). The summed E-state index contributed by atoms with van der Waals surface area (Å²) in [5.41, 5.74) is 6.24. The van der Waals surface area contributed by atoms with E-state index in [1.165, 1.54) is 19.2 Å². The number of nitrogens with zero attached hydrogens (tertiary/aromatic N) is 1. The molecule has 2 atom stereocenters. The van der Waals surface area contributed by atoms with Crippen LogP contribution in [-0.2, 0) is 0 Å². The number of hydrogen-bond donors (Lipinski definition) is 2. The number of carbonyl (C=O) groups excluding carboxylic acids is 1. The van der Waals surface area contributed by atoms with E-state index in [-0.39, 0.29) is 21.7 Å². The second-order valence-corrected chi connectivity index (χ2v) is 6.42. The first-order valence-corrected chi connectivity index (χ1v) is 7.83. The molecule has 3 fully saturated rings. The summed E-state index contributed by atoms with van der Waals surface area (Å²) in [6, 6.07) is 2.70. The van der Waals surface area contributed by atoms with Crippen LogP contribution in [0.3, 0.4) is 0 Å². The molecule has 1 aromatic carbocycles. The molecule has 2 bridgehead atoms. The second kappa shape index (κ2) is 6.04. The van der Waals surface area contributed by atoms with Gasteiger partial charge in [0.1, 0.15) is 17.4 Å². The number of ether oxygens (including phenoxy) is 1. The van der Waals surface area contributed by atoms with Crippen molar-refractivity contribution in [2.24, 2.45) is 5.92 Å². The Kier molecular flexibility index (Phi) is 4.27. The smallest absolute Gasteiger partial charge is 0.348 e. The number of nitrogens with one attached hydrogen (secondary N) is 1. The minimum absolute atomic E-state index is 0.197. The van der Waals surface area contributed by atoms with E-state index in [1.54, 1.807) is 0 Å². The number of piperidine rings is 3. The summed E-state index contributed by atoms with van der Waals surface area (Å²) in [5.74, 6) is 0.0794. The van der Waals surface area contributed by atoms with Crippen LogP contribution in [0.15, 0.2) is 12.1 Å². The van der Waals surface area contributed by atoms with Gasteiger partial charge in [0.2, 0.25) is 0 Å². The Balaban J connectivity index is 1.86. The van der Waals surface area contributed by atoms with Gasteiger partial charge in [-0.1, -0.05) is 11.6 Å². The Morgan fingerprint density at radius 3 is 2.68 bits per heavy atom. The van der Waals surface area contributed by atoms with Crippen molar-refractivity contribution in [3.63, 3.8) is 0 Å². The predicted molar refractivity (Wildman–Crippen MR) is 84.0 cm³/mol. The fraction of sp³-hybridized carbons (Fsp3) is 0.533. The van der Waals surface area contributed by atoms with E-state index < -0.39 is 5.91 Å². The summed E-state index contributed by atoms with van der Waals surface area (Å²) < 4.78 is 5.18. The van der Waals surface area contributed by atoms with Crippen molar-refractivity contribution < 1.29 is 14.6 Å². The highest BCUT2D eigenvalue weighted by Gasteiger charge is 2.40.